The van der Waals surface area contributed by atoms with Gasteiger partial charge in [0.25, 0.3) is 0 Å². The number of anilines is 4. The van der Waals surface area contributed by atoms with E-state index in [0.29, 0.717) is 22.7 Å². The molecule has 0 heterocycles. The van der Waals surface area contributed by atoms with Gasteiger partial charge in [-0.15, -0.1) is 0 Å². The van der Waals surface area contributed by atoms with Crippen molar-refractivity contribution in [2.45, 2.75) is 13.8 Å². The molecule has 5 nitrogen and oxygen atoms in total. The third-order valence-corrected chi connectivity index (χ3v) is 3.05. The van der Waals surface area contributed by atoms with Crippen molar-refractivity contribution >= 4 is 28.8 Å². The molecule has 2 aromatic rings. The SMILES string of the molecule is Cc1ccc(NC(=O)Nc2cc(N)ccc2C)cc1N. The largest absolute Gasteiger partial charge is 0.399 e. The van der Waals surface area contributed by atoms with Crippen molar-refractivity contribution in [3.05, 3.63) is 47.5 Å². The minimum absolute atomic E-state index is 0.332. The van der Waals surface area contributed by atoms with Crippen molar-refractivity contribution in [3.8, 4) is 0 Å². The molecule has 2 rings (SSSR count). The summed E-state index contributed by atoms with van der Waals surface area (Å²) in [6, 6.07) is 10.4. The highest BCUT2D eigenvalue weighted by Crippen LogP contribution is 2.20. The molecule has 0 radical (unpaired) electrons. The van der Waals surface area contributed by atoms with Crippen LogP contribution in [0.25, 0.3) is 0 Å². The molecule has 0 unspecified atom stereocenters. The maximum atomic E-state index is 11.9. The summed E-state index contributed by atoms with van der Waals surface area (Å²) in [5.74, 6) is 0. The van der Waals surface area contributed by atoms with Crippen molar-refractivity contribution in [3.63, 3.8) is 0 Å². The summed E-state index contributed by atoms with van der Waals surface area (Å²) in [4.78, 5) is 11.9. The predicted molar refractivity (Wildman–Crippen MR) is 83.8 cm³/mol. The van der Waals surface area contributed by atoms with Crippen LogP contribution in [-0.2, 0) is 0 Å². The molecule has 2 aromatic carbocycles. The summed E-state index contributed by atoms with van der Waals surface area (Å²) in [5.41, 5.74) is 16.0. The van der Waals surface area contributed by atoms with Gasteiger partial charge in [0.05, 0.1) is 0 Å². The second kappa shape index (κ2) is 5.52. The number of nitrogens with one attached hydrogen (secondary N) is 2. The van der Waals surface area contributed by atoms with Gasteiger partial charge in [0.2, 0.25) is 0 Å². The van der Waals surface area contributed by atoms with Crippen molar-refractivity contribution in [2.24, 2.45) is 0 Å². The highest BCUT2D eigenvalue weighted by molar-refractivity contribution is 6.00. The van der Waals surface area contributed by atoms with Gasteiger partial charge in [0.15, 0.2) is 0 Å². The van der Waals surface area contributed by atoms with Gasteiger partial charge in [-0.1, -0.05) is 12.1 Å². The number of nitrogen functional groups attached to an aromatic ring is 2. The molecule has 0 aliphatic heterocycles. The summed E-state index contributed by atoms with van der Waals surface area (Å²) in [5, 5.41) is 5.50. The molecular formula is C15H18N4O. The Morgan fingerprint density at radius 2 is 1.65 bits per heavy atom. The molecule has 0 fully saturated rings. The topological polar surface area (TPSA) is 93.2 Å². The third-order valence-electron chi connectivity index (χ3n) is 3.05. The van der Waals surface area contributed by atoms with Crippen molar-refractivity contribution in [2.75, 3.05) is 22.1 Å². The lowest BCUT2D eigenvalue weighted by Gasteiger charge is -2.11. The number of hydrogen-bond donors (Lipinski definition) is 4. The number of benzene rings is 2. The zero-order valence-corrected chi connectivity index (χ0v) is 11.5. The van der Waals surface area contributed by atoms with E-state index in [-0.39, 0.29) is 6.03 Å². The van der Waals surface area contributed by atoms with Crippen LogP contribution < -0.4 is 22.1 Å². The Labute approximate surface area is 118 Å². The number of urea groups is 1. The fraction of sp³-hybridized carbons (Fsp3) is 0.133. The summed E-state index contributed by atoms with van der Waals surface area (Å²) < 4.78 is 0. The quantitative estimate of drug-likeness (QED) is 0.632. The molecule has 20 heavy (non-hydrogen) atoms. The first-order valence-electron chi connectivity index (χ1n) is 6.26. The molecule has 0 aromatic heterocycles. The predicted octanol–water partition coefficient (Wildman–Crippen LogP) is 3.11. The average molecular weight is 270 g/mol. The molecule has 0 spiro atoms. The van der Waals surface area contributed by atoms with Crippen LogP contribution in [0.1, 0.15) is 11.1 Å². The van der Waals surface area contributed by atoms with Gasteiger partial charge in [-0.25, -0.2) is 4.79 Å². The van der Waals surface area contributed by atoms with Crippen molar-refractivity contribution < 1.29 is 4.79 Å². The van der Waals surface area contributed by atoms with Crippen molar-refractivity contribution in [1.29, 1.82) is 0 Å². The number of carbonyl (C=O) groups is 1. The lowest BCUT2D eigenvalue weighted by Crippen LogP contribution is -2.20. The van der Waals surface area contributed by atoms with Crippen LogP contribution >= 0.6 is 0 Å². The summed E-state index contributed by atoms with van der Waals surface area (Å²) in [6.45, 7) is 3.81. The van der Waals surface area contributed by atoms with Crippen LogP contribution in [0.5, 0.6) is 0 Å². The van der Waals surface area contributed by atoms with E-state index in [4.69, 9.17) is 11.5 Å². The van der Waals surface area contributed by atoms with E-state index in [1.807, 2.05) is 26.0 Å². The molecule has 0 saturated heterocycles. The highest BCUT2D eigenvalue weighted by atomic mass is 16.2. The van der Waals surface area contributed by atoms with E-state index in [9.17, 15) is 4.79 Å². The first-order chi connectivity index (χ1) is 9.45. The van der Waals surface area contributed by atoms with E-state index in [1.54, 1.807) is 24.3 Å². The summed E-state index contributed by atoms with van der Waals surface area (Å²) in [6.07, 6.45) is 0. The molecule has 0 saturated carbocycles. The Morgan fingerprint density at radius 3 is 2.35 bits per heavy atom. The van der Waals surface area contributed by atoms with E-state index in [1.165, 1.54) is 0 Å². The molecule has 0 atom stereocenters. The fourth-order valence-corrected chi connectivity index (χ4v) is 1.78. The monoisotopic (exact) mass is 270 g/mol. The average Bonchev–Trinajstić information content (AvgIpc) is 2.38. The number of rotatable bonds is 2. The van der Waals surface area contributed by atoms with Crippen LogP contribution in [0.4, 0.5) is 27.5 Å². The van der Waals surface area contributed by atoms with Gasteiger partial charge in [-0.2, -0.15) is 0 Å². The second-order valence-corrected chi connectivity index (χ2v) is 4.72. The highest BCUT2D eigenvalue weighted by Gasteiger charge is 2.06. The first kappa shape index (κ1) is 13.7. The fourth-order valence-electron chi connectivity index (χ4n) is 1.78. The normalized spacial score (nSPS) is 10.1. The minimum Gasteiger partial charge on any atom is -0.399 e. The van der Waals surface area contributed by atoms with Crippen LogP contribution in [0.15, 0.2) is 36.4 Å². The van der Waals surface area contributed by atoms with Crippen LogP contribution in [0.3, 0.4) is 0 Å². The summed E-state index contributed by atoms with van der Waals surface area (Å²) >= 11 is 0. The molecule has 0 bridgehead atoms. The van der Waals surface area contributed by atoms with Gasteiger partial charge in [-0.3, -0.25) is 0 Å². The van der Waals surface area contributed by atoms with Crippen molar-refractivity contribution in [1.82, 2.24) is 0 Å². The van der Waals surface area contributed by atoms with Gasteiger partial charge in [0, 0.05) is 22.7 Å². The Balaban J connectivity index is 2.09. The maximum absolute atomic E-state index is 11.9. The smallest absolute Gasteiger partial charge is 0.323 e. The lowest BCUT2D eigenvalue weighted by molar-refractivity contribution is 0.262. The van der Waals surface area contributed by atoms with E-state index in [2.05, 4.69) is 10.6 Å². The van der Waals surface area contributed by atoms with E-state index >= 15 is 0 Å². The molecule has 104 valence electrons. The third kappa shape index (κ3) is 3.20. The molecule has 6 N–H and O–H groups in total. The number of aryl methyl sites for hydroxylation is 2. The number of hydrogen-bond acceptors (Lipinski definition) is 3. The van der Waals surface area contributed by atoms with Gasteiger partial charge < -0.3 is 22.1 Å². The molecular weight excluding hydrogens is 252 g/mol. The zero-order chi connectivity index (χ0) is 14.7. The Hall–Kier alpha value is -2.69. The minimum atomic E-state index is -0.332. The Kier molecular flexibility index (Phi) is 3.79. The number of carbonyl (C=O) groups excluding carboxylic acids is 1. The van der Waals surface area contributed by atoms with Crippen LogP contribution in [0, 0.1) is 13.8 Å². The molecule has 0 aliphatic carbocycles. The zero-order valence-electron chi connectivity index (χ0n) is 11.5. The lowest BCUT2D eigenvalue weighted by atomic mass is 10.2. The van der Waals surface area contributed by atoms with Crippen LogP contribution in [0.2, 0.25) is 0 Å². The van der Waals surface area contributed by atoms with Gasteiger partial charge >= 0.3 is 6.03 Å². The van der Waals surface area contributed by atoms with Gasteiger partial charge in [-0.05, 0) is 49.2 Å². The first-order valence-corrected chi connectivity index (χ1v) is 6.26. The standard InChI is InChI=1S/C15H18N4O/c1-9-4-6-12(8-13(9)17)18-15(20)19-14-7-11(16)5-3-10(14)2/h3-8H,16-17H2,1-2H3,(H2,18,19,20). The Bertz CT molecular complexity index is 652. The van der Waals surface area contributed by atoms with Crippen LogP contribution in [-0.4, -0.2) is 6.03 Å². The second-order valence-electron chi connectivity index (χ2n) is 4.72. The molecule has 0 aliphatic rings. The number of amides is 2. The molecule has 5 heteroatoms. The maximum Gasteiger partial charge on any atom is 0.323 e. The number of nitrogens with two attached hydrogens (primary N) is 2. The molecule has 2 amide bonds. The van der Waals surface area contributed by atoms with E-state index in [0.717, 1.165) is 11.1 Å². The van der Waals surface area contributed by atoms with Gasteiger partial charge in [0.1, 0.15) is 0 Å². The summed E-state index contributed by atoms with van der Waals surface area (Å²) in [7, 11) is 0. The van der Waals surface area contributed by atoms with E-state index < -0.39 is 0 Å². The Morgan fingerprint density at radius 1 is 0.950 bits per heavy atom.